The molecule has 0 unspecified atom stereocenters. The molecule has 0 N–H and O–H groups in total. The standard InChI is InChI=1S/C8H10FNS/c9-5-3-7-11-8-4-1-2-6-10-8/h1-2,4,6H,3,5,7H2. The Labute approximate surface area is 70.0 Å². The van der Waals surface area contributed by atoms with E-state index in [1.54, 1.807) is 18.0 Å². The number of pyridine rings is 1. The zero-order valence-corrected chi connectivity index (χ0v) is 6.98. The van der Waals surface area contributed by atoms with Crippen LogP contribution in [0.2, 0.25) is 0 Å². The van der Waals surface area contributed by atoms with Gasteiger partial charge in [-0.25, -0.2) is 4.98 Å². The molecule has 60 valence electrons. The molecule has 0 aliphatic rings. The van der Waals surface area contributed by atoms with E-state index in [9.17, 15) is 4.39 Å². The minimum absolute atomic E-state index is 0.236. The highest BCUT2D eigenvalue weighted by molar-refractivity contribution is 7.99. The van der Waals surface area contributed by atoms with Gasteiger partial charge in [-0.15, -0.1) is 11.8 Å². The number of alkyl halides is 1. The summed E-state index contributed by atoms with van der Waals surface area (Å²) in [5, 5.41) is 0.973. The molecule has 0 aromatic carbocycles. The zero-order valence-electron chi connectivity index (χ0n) is 6.16. The number of halogens is 1. The van der Waals surface area contributed by atoms with Crippen molar-refractivity contribution in [1.29, 1.82) is 0 Å². The molecule has 1 aromatic rings. The van der Waals surface area contributed by atoms with Gasteiger partial charge in [0.1, 0.15) is 0 Å². The molecule has 0 radical (unpaired) electrons. The third-order valence-corrected chi connectivity index (χ3v) is 2.20. The molecule has 0 aliphatic carbocycles. The molecule has 1 heterocycles. The lowest BCUT2D eigenvalue weighted by molar-refractivity contribution is 0.489. The summed E-state index contributed by atoms with van der Waals surface area (Å²) < 4.78 is 11.7. The first-order chi connectivity index (χ1) is 5.43. The zero-order chi connectivity index (χ0) is 7.94. The third kappa shape index (κ3) is 3.37. The van der Waals surface area contributed by atoms with Crippen LogP contribution in [-0.4, -0.2) is 17.4 Å². The molecule has 0 bridgehead atoms. The molecule has 0 fully saturated rings. The van der Waals surface area contributed by atoms with E-state index in [4.69, 9.17) is 0 Å². The van der Waals surface area contributed by atoms with Crippen LogP contribution < -0.4 is 0 Å². The Morgan fingerprint density at radius 2 is 2.36 bits per heavy atom. The monoisotopic (exact) mass is 171 g/mol. The second kappa shape index (κ2) is 5.13. The van der Waals surface area contributed by atoms with Crippen molar-refractivity contribution in [2.75, 3.05) is 12.4 Å². The molecular formula is C8H10FNS. The predicted octanol–water partition coefficient (Wildman–Crippen LogP) is 2.53. The van der Waals surface area contributed by atoms with Crippen molar-refractivity contribution in [1.82, 2.24) is 4.98 Å². The molecule has 3 heteroatoms. The van der Waals surface area contributed by atoms with Crippen LogP contribution in [0.25, 0.3) is 0 Å². The molecular weight excluding hydrogens is 161 g/mol. The summed E-state index contributed by atoms with van der Waals surface area (Å²) in [5.74, 6) is 0.813. The lowest BCUT2D eigenvalue weighted by Crippen LogP contribution is -1.83. The van der Waals surface area contributed by atoms with Crippen LogP contribution in [0.5, 0.6) is 0 Å². The summed E-state index contributed by atoms with van der Waals surface area (Å²) in [6, 6.07) is 5.74. The Kier molecular flexibility index (Phi) is 3.98. The van der Waals surface area contributed by atoms with Crippen LogP contribution in [0.3, 0.4) is 0 Å². The number of nitrogens with zero attached hydrogens (tertiary/aromatic N) is 1. The molecule has 0 saturated carbocycles. The van der Waals surface area contributed by atoms with Crippen molar-refractivity contribution in [3.8, 4) is 0 Å². The molecule has 0 atom stereocenters. The van der Waals surface area contributed by atoms with Gasteiger partial charge in [-0.3, -0.25) is 4.39 Å². The average Bonchev–Trinajstić information content (AvgIpc) is 2.07. The smallest absolute Gasteiger partial charge is 0.0959 e. The average molecular weight is 171 g/mol. The largest absolute Gasteiger partial charge is 0.251 e. The normalized spacial score (nSPS) is 9.91. The van der Waals surface area contributed by atoms with Crippen LogP contribution in [0.15, 0.2) is 29.4 Å². The van der Waals surface area contributed by atoms with Gasteiger partial charge in [-0.1, -0.05) is 6.07 Å². The summed E-state index contributed by atoms with van der Waals surface area (Å²) >= 11 is 1.59. The van der Waals surface area contributed by atoms with Crippen molar-refractivity contribution in [3.05, 3.63) is 24.4 Å². The molecule has 1 rings (SSSR count). The number of rotatable bonds is 4. The Balaban J connectivity index is 2.28. The van der Waals surface area contributed by atoms with Gasteiger partial charge in [0.15, 0.2) is 0 Å². The number of aromatic nitrogens is 1. The molecule has 11 heavy (non-hydrogen) atoms. The van der Waals surface area contributed by atoms with Crippen molar-refractivity contribution in [2.45, 2.75) is 11.4 Å². The molecule has 0 spiro atoms. The van der Waals surface area contributed by atoms with Crippen molar-refractivity contribution in [3.63, 3.8) is 0 Å². The summed E-state index contributed by atoms with van der Waals surface area (Å²) in [5.41, 5.74) is 0. The minimum atomic E-state index is -0.236. The van der Waals surface area contributed by atoms with Gasteiger partial charge in [0.05, 0.1) is 11.7 Å². The van der Waals surface area contributed by atoms with Crippen LogP contribution in [0.1, 0.15) is 6.42 Å². The van der Waals surface area contributed by atoms with E-state index < -0.39 is 0 Å². The number of hydrogen-bond acceptors (Lipinski definition) is 2. The fraction of sp³-hybridized carbons (Fsp3) is 0.375. The Hall–Kier alpha value is -0.570. The van der Waals surface area contributed by atoms with E-state index in [1.807, 2.05) is 18.2 Å². The van der Waals surface area contributed by atoms with Crippen molar-refractivity contribution >= 4 is 11.8 Å². The predicted molar refractivity (Wildman–Crippen MR) is 45.6 cm³/mol. The van der Waals surface area contributed by atoms with E-state index in [0.717, 1.165) is 10.8 Å². The van der Waals surface area contributed by atoms with Crippen molar-refractivity contribution in [2.24, 2.45) is 0 Å². The first-order valence-corrected chi connectivity index (χ1v) is 4.52. The maximum Gasteiger partial charge on any atom is 0.0959 e. The van der Waals surface area contributed by atoms with E-state index in [2.05, 4.69) is 4.98 Å². The molecule has 0 aliphatic heterocycles. The SMILES string of the molecule is FCCCSc1ccccn1. The highest BCUT2D eigenvalue weighted by atomic mass is 32.2. The first-order valence-electron chi connectivity index (χ1n) is 3.53. The van der Waals surface area contributed by atoms with Gasteiger partial charge >= 0.3 is 0 Å². The molecule has 1 aromatic heterocycles. The van der Waals surface area contributed by atoms with E-state index in [0.29, 0.717) is 6.42 Å². The lowest BCUT2D eigenvalue weighted by atomic mass is 10.5. The van der Waals surface area contributed by atoms with Gasteiger partial charge in [-0.05, 0) is 18.6 Å². The quantitative estimate of drug-likeness (QED) is 0.510. The van der Waals surface area contributed by atoms with E-state index in [1.165, 1.54) is 0 Å². The summed E-state index contributed by atoms with van der Waals surface area (Å²) in [7, 11) is 0. The van der Waals surface area contributed by atoms with Gasteiger partial charge in [0, 0.05) is 11.9 Å². The Bertz CT molecular complexity index is 191. The summed E-state index contributed by atoms with van der Waals surface area (Å²) in [6.07, 6.45) is 2.36. The van der Waals surface area contributed by atoms with E-state index in [-0.39, 0.29) is 6.67 Å². The molecule has 1 nitrogen and oxygen atoms in total. The second-order valence-electron chi connectivity index (χ2n) is 2.06. The highest BCUT2D eigenvalue weighted by Crippen LogP contribution is 2.14. The highest BCUT2D eigenvalue weighted by Gasteiger charge is 1.92. The summed E-state index contributed by atoms with van der Waals surface area (Å²) in [6.45, 7) is -0.236. The van der Waals surface area contributed by atoms with Crippen molar-refractivity contribution < 1.29 is 4.39 Å². The minimum Gasteiger partial charge on any atom is -0.251 e. The van der Waals surface area contributed by atoms with Gasteiger partial charge in [-0.2, -0.15) is 0 Å². The fourth-order valence-corrected chi connectivity index (χ4v) is 1.44. The van der Waals surface area contributed by atoms with Gasteiger partial charge < -0.3 is 0 Å². The lowest BCUT2D eigenvalue weighted by Gasteiger charge is -1.96. The topological polar surface area (TPSA) is 12.9 Å². The van der Waals surface area contributed by atoms with Crippen LogP contribution in [0, 0.1) is 0 Å². The number of thioether (sulfide) groups is 1. The van der Waals surface area contributed by atoms with Crippen LogP contribution in [0.4, 0.5) is 4.39 Å². The van der Waals surface area contributed by atoms with Gasteiger partial charge in [0.2, 0.25) is 0 Å². The summed E-state index contributed by atoms with van der Waals surface area (Å²) in [4.78, 5) is 4.09. The first kappa shape index (κ1) is 8.53. The third-order valence-electron chi connectivity index (χ3n) is 1.17. The fourth-order valence-electron chi connectivity index (χ4n) is 0.664. The maximum atomic E-state index is 11.7. The Morgan fingerprint density at radius 3 is 3.00 bits per heavy atom. The molecule has 0 amide bonds. The van der Waals surface area contributed by atoms with Crippen LogP contribution >= 0.6 is 11.8 Å². The maximum absolute atomic E-state index is 11.7. The van der Waals surface area contributed by atoms with E-state index >= 15 is 0 Å². The van der Waals surface area contributed by atoms with Crippen LogP contribution in [-0.2, 0) is 0 Å². The second-order valence-corrected chi connectivity index (χ2v) is 3.17. The van der Waals surface area contributed by atoms with Gasteiger partial charge in [0.25, 0.3) is 0 Å². The molecule has 0 saturated heterocycles. The number of hydrogen-bond donors (Lipinski definition) is 0. The Morgan fingerprint density at radius 1 is 1.45 bits per heavy atom.